The molecule has 0 radical (unpaired) electrons. The number of likely N-dealkylation sites (tertiary alicyclic amines) is 1. The number of hydrogen-bond acceptors (Lipinski definition) is 4. The molecule has 3 rings (SSSR count). The Morgan fingerprint density at radius 2 is 2.00 bits per heavy atom. The van der Waals surface area contributed by atoms with Gasteiger partial charge in [-0.15, -0.1) is 0 Å². The van der Waals surface area contributed by atoms with Gasteiger partial charge in [0.25, 0.3) is 0 Å². The van der Waals surface area contributed by atoms with Crippen molar-refractivity contribution in [2.45, 2.75) is 71.1 Å². The zero-order chi connectivity index (χ0) is 20.1. The molecule has 0 aromatic carbocycles. The number of piperidine rings is 1. The molecule has 1 atom stereocenters. The van der Waals surface area contributed by atoms with E-state index in [-0.39, 0.29) is 17.2 Å². The van der Waals surface area contributed by atoms with Crippen molar-refractivity contribution >= 4 is 5.91 Å². The standard InChI is InChI=1S/C23H32N4O/c1-5-6-9-20(28)27-14-7-8-18(16-27)21-19(17-10-12-24-13-11-17)15-25-22(26-21)23(2,3)4/h10-13,15,18H,5-9,14,16H2,1-4H3. The van der Waals surface area contributed by atoms with E-state index in [0.29, 0.717) is 6.42 Å². The summed E-state index contributed by atoms with van der Waals surface area (Å²) in [4.78, 5) is 28.5. The maximum absolute atomic E-state index is 12.6. The van der Waals surface area contributed by atoms with E-state index in [9.17, 15) is 4.79 Å². The van der Waals surface area contributed by atoms with Crippen LogP contribution in [0.5, 0.6) is 0 Å². The molecule has 28 heavy (non-hydrogen) atoms. The van der Waals surface area contributed by atoms with E-state index in [1.54, 1.807) is 12.4 Å². The maximum Gasteiger partial charge on any atom is 0.222 e. The van der Waals surface area contributed by atoms with Crippen molar-refractivity contribution in [3.63, 3.8) is 0 Å². The Kier molecular flexibility index (Phi) is 6.42. The molecule has 3 heterocycles. The van der Waals surface area contributed by atoms with Gasteiger partial charge in [-0.25, -0.2) is 9.97 Å². The Hall–Kier alpha value is -2.30. The number of aromatic nitrogens is 3. The fraction of sp³-hybridized carbons (Fsp3) is 0.565. The van der Waals surface area contributed by atoms with Crippen molar-refractivity contribution in [2.75, 3.05) is 13.1 Å². The van der Waals surface area contributed by atoms with E-state index in [1.165, 1.54) is 0 Å². The Morgan fingerprint density at radius 1 is 1.25 bits per heavy atom. The number of nitrogens with zero attached hydrogens (tertiary/aromatic N) is 4. The Morgan fingerprint density at radius 3 is 2.68 bits per heavy atom. The molecular weight excluding hydrogens is 348 g/mol. The monoisotopic (exact) mass is 380 g/mol. The molecule has 1 unspecified atom stereocenters. The van der Waals surface area contributed by atoms with E-state index in [0.717, 1.165) is 61.4 Å². The molecule has 2 aromatic heterocycles. The molecule has 150 valence electrons. The summed E-state index contributed by atoms with van der Waals surface area (Å²) in [5.74, 6) is 1.38. The first-order chi connectivity index (χ1) is 13.4. The van der Waals surface area contributed by atoms with Gasteiger partial charge in [-0.05, 0) is 37.0 Å². The van der Waals surface area contributed by atoms with Gasteiger partial charge in [0.15, 0.2) is 0 Å². The average Bonchev–Trinajstić information content (AvgIpc) is 2.71. The SMILES string of the molecule is CCCCC(=O)N1CCCC(c2nc(C(C)(C)C)ncc2-c2ccncc2)C1. The minimum Gasteiger partial charge on any atom is -0.342 e. The average molecular weight is 381 g/mol. The lowest BCUT2D eigenvalue weighted by molar-refractivity contribution is -0.132. The molecule has 5 heteroatoms. The second kappa shape index (κ2) is 8.80. The van der Waals surface area contributed by atoms with Crippen LogP contribution < -0.4 is 0 Å². The zero-order valence-electron chi connectivity index (χ0n) is 17.6. The molecule has 0 aliphatic carbocycles. The van der Waals surface area contributed by atoms with Crippen LogP contribution in [0.15, 0.2) is 30.7 Å². The van der Waals surface area contributed by atoms with Crippen LogP contribution in [0.25, 0.3) is 11.1 Å². The minimum absolute atomic E-state index is 0.114. The van der Waals surface area contributed by atoms with E-state index in [1.807, 2.05) is 23.2 Å². The number of hydrogen-bond donors (Lipinski definition) is 0. The van der Waals surface area contributed by atoms with Crippen LogP contribution in [0.2, 0.25) is 0 Å². The first kappa shape index (κ1) is 20.4. The summed E-state index contributed by atoms with van der Waals surface area (Å²) in [5.41, 5.74) is 3.10. The first-order valence-electron chi connectivity index (χ1n) is 10.5. The summed E-state index contributed by atoms with van der Waals surface area (Å²) in [7, 11) is 0. The number of amides is 1. The smallest absolute Gasteiger partial charge is 0.222 e. The molecule has 1 amide bonds. The minimum atomic E-state index is -0.114. The lowest BCUT2D eigenvalue weighted by atomic mass is 9.88. The quantitative estimate of drug-likeness (QED) is 0.752. The van der Waals surface area contributed by atoms with Crippen molar-refractivity contribution < 1.29 is 4.79 Å². The highest BCUT2D eigenvalue weighted by atomic mass is 16.2. The summed E-state index contributed by atoms with van der Waals surface area (Å²) >= 11 is 0. The summed E-state index contributed by atoms with van der Waals surface area (Å²) in [6.45, 7) is 10.2. The van der Waals surface area contributed by atoms with Gasteiger partial charge in [0, 0.05) is 55.0 Å². The van der Waals surface area contributed by atoms with Gasteiger partial charge in [-0.2, -0.15) is 0 Å². The van der Waals surface area contributed by atoms with Crippen LogP contribution in [0.3, 0.4) is 0 Å². The van der Waals surface area contributed by atoms with Crippen LogP contribution in [0, 0.1) is 0 Å². The number of pyridine rings is 1. The summed E-state index contributed by atoms with van der Waals surface area (Å²) in [6, 6.07) is 4.01. The topological polar surface area (TPSA) is 59.0 Å². The summed E-state index contributed by atoms with van der Waals surface area (Å²) in [5, 5.41) is 0. The fourth-order valence-corrected chi connectivity index (χ4v) is 3.73. The molecule has 0 N–H and O–H groups in total. The molecule has 2 aromatic rings. The number of unbranched alkanes of at least 4 members (excludes halogenated alkanes) is 1. The van der Waals surface area contributed by atoms with E-state index >= 15 is 0 Å². The molecule has 5 nitrogen and oxygen atoms in total. The summed E-state index contributed by atoms with van der Waals surface area (Å²) < 4.78 is 0. The van der Waals surface area contributed by atoms with Gasteiger partial charge in [-0.1, -0.05) is 34.1 Å². The normalized spacial score (nSPS) is 17.6. The fourth-order valence-electron chi connectivity index (χ4n) is 3.73. The Balaban J connectivity index is 1.95. The van der Waals surface area contributed by atoms with Crippen molar-refractivity contribution in [3.8, 4) is 11.1 Å². The number of carbonyl (C=O) groups excluding carboxylic acids is 1. The van der Waals surface area contributed by atoms with Gasteiger partial charge < -0.3 is 4.90 Å². The van der Waals surface area contributed by atoms with Gasteiger partial charge >= 0.3 is 0 Å². The van der Waals surface area contributed by atoms with Gasteiger partial charge in [-0.3, -0.25) is 9.78 Å². The van der Waals surface area contributed by atoms with Crippen LogP contribution in [0.1, 0.15) is 77.2 Å². The predicted octanol–water partition coefficient (Wildman–Crippen LogP) is 4.73. The van der Waals surface area contributed by atoms with Crippen LogP contribution in [0.4, 0.5) is 0 Å². The molecule has 0 spiro atoms. The molecule has 1 saturated heterocycles. The highest BCUT2D eigenvalue weighted by Crippen LogP contribution is 2.34. The molecule has 1 aliphatic rings. The van der Waals surface area contributed by atoms with Crippen molar-refractivity contribution in [3.05, 3.63) is 42.2 Å². The lowest BCUT2D eigenvalue weighted by Crippen LogP contribution is -2.39. The highest BCUT2D eigenvalue weighted by molar-refractivity contribution is 5.76. The third-order valence-corrected chi connectivity index (χ3v) is 5.39. The molecular formula is C23H32N4O. The van der Waals surface area contributed by atoms with Crippen LogP contribution in [-0.2, 0) is 10.2 Å². The summed E-state index contributed by atoms with van der Waals surface area (Å²) in [6.07, 6.45) is 10.3. The predicted molar refractivity (Wildman–Crippen MR) is 112 cm³/mol. The van der Waals surface area contributed by atoms with Crippen molar-refractivity contribution in [1.82, 2.24) is 19.9 Å². The molecule has 0 saturated carbocycles. The zero-order valence-corrected chi connectivity index (χ0v) is 17.6. The van der Waals surface area contributed by atoms with Crippen molar-refractivity contribution in [1.29, 1.82) is 0 Å². The lowest BCUT2D eigenvalue weighted by Gasteiger charge is -2.34. The maximum atomic E-state index is 12.6. The highest BCUT2D eigenvalue weighted by Gasteiger charge is 2.29. The van der Waals surface area contributed by atoms with Crippen LogP contribution >= 0.6 is 0 Å². The Bertz CT molecular complexity index is 798. The molecule has 1 aliphatic heterocycles. The largest absolute Gasteiger partial charge is 0.342 e. The van der Waals surface area contributed by atoms with E-state index in [2.05, 4.69) is 37.7 Å². The van der Waals surface area contributed by atoms with Crippen molar-refractivity contribution in [2.24, 2.45) is 0 Å². The number of rotatable bonds is 5. The van der Waals surface area contributed by atoms with Gasteiger partial charge in [0.1, 0.15) is 5.82 Å². The second-order valence-corrected chi connectivity index (χ2v) is 8.76. The van der Waals surface area contributed by atoms with Gasteiger partial charge in [0.05, 0.1) is 5.69 Å². The Labute approximate surface area is 168 Å². The third kappa shape index (κ3) is 4.75. The number of carbonyl (C=O) groups is 1. The third-order valence-electron chi connectivity index (χ3n) is 5.39. The van der Waals surface area contributed by atoms with E-state index in [4.69, 9.17) is 4.98 Å². The molecule has 1 fully saturated rings. The second-order valence-electron chi connectivity index (χ2n) is 8.76. The van der Waals surface area contributed by atoms with Gasteiger partial charge in [0.2, 0.25) is 5.91 Å². The molecule has 0 bridgehead atoms. The van der Waals surface area contributed by atoms with E-state index < -0.39 is 0 Å². The first-order valence-corrected chi connectivity index (χ1v) is 10.5. The van der Waals surface area contributed by atoms with Crippen LogP contribution in [-0.4, -0.2) is 38.8 Å².